The molecule has 0 amide bonds. The average molecular weight is 518 g/mol. The summed E-state index contributed by atoms with van der Waals surface area (Å²) >= 11 is 12.5. The van der Waals surface area contributed by atoms with Crippen molar-refractivity contribution < 1.29 is 13.9 Å². The number of hydrogen-bond donors (Lipinski definition) is 1. The molecule has 186 valence electrons. The molecule has 8 heteroatoms. The second-order valence-electron chi connectivity index (χ2n) is 9.42. The van der Waals surface area contributed by atoms with E-state index in [4.69, 9.17) is 32.9 Å². The van der Waals surface area contributed by atoms with Crippen molar-refractivity contribution in [3.63, 3.8) is 0 Å². The molecular weight excluding hydrogens is 488 g/mol. The first kappa shape index (κ1) is 25.7. The Balaban J connectivity index is 1.89. The van der Waals surface area contributed by atoms with Crippen LogP contribution in [0.4, 0.5) is 4.39 Å². The number of nitrogens with one attached hydrogen (secondary N) is 1. The molecule has 0 radical (unpaired) electrons. The Morgan fingerprint density at radius 1 is 1.20 bits per heavy atom. The van der Waals surface area contributed by atoms with E-state index in [1.807, 2.05) is 32.3 Å². The molecule has 0 bridgehead atoms. The number of carbonyl (C=O) groups excluding carboxylic acids is 1. The maximum absolute atomic E-state index is 15.3. The van der Waals surface area contributed by atoms with Crippen LogP contribution in [0.25, 0.3) is 11.3 Å². The lowest BCUT2D eigenvalue weighted by atomic mass is 9.73. The van der Waals surface area contributed by atoms with Gasteiger partial charge >= 0.3 is 0 Å². The summed E-state index contributed by atoms with van der Waals surface area (Å²) in [5.41, 5.74) is 3.78. The Kier molecular flexibility index (Phi) is 8.47. The molecule has 4 rings (SSSR count). The highest BCUT2D eigenvalue weighted by Gasteiger charge is 2.39. The number of aromatic amines is 1. The first-order valence-corrected chi connectivity index (χ1v) is 12.7. The van der Waals surface area contributed by atoms with Gasteiger partial charge < -0.3 is 14.6 Å². The summed E-state index contributed by atoms with van der Waals surface area (Å²) in [5, 5.41) is 0.601. The molecule has 0 spiro atoms. The van der Waals surface area contributed by atoms with Gasteiger partial charge in [-0.2, -0.15) is 0 Å². The van der Waals surface area contributed by atoms with E-state index in [1.54, 1.807) is 18.5 Å². The highest BCUT2D eigenvalue weighted by Crippen LogP contribution is 2.48. The predicted octanol–water partition coefficient (Wildman–Crippen LogP) is 7.16. The van der Waals surface area contributed by atoms with Crippen molar-refractivity contribution in [2.75, 3.05) is 14.1 Å². The Morgan fingerprint density at radius 3 is 2.69 bits per heavy atom. The van der Waals surface area contributed by atoms with Crippen LogP contribution in [0.5, 0.6) is 0 Å². The minimum atomic E-state index is -0.856. The third-order valence-corrected chi connectivity index (χ3v) is 7.32. The molecule has 0 saturated heterocycles. The maximum atomic E-state index is 15.3. The van der Waals surface area contributed by atoms with Crippen molar-refractivity contribution in [3.05, 3.63) is 75.4 Å². The average Bonchev–Trinajstić information content (AvgIpc) is 3.31. The Morgan fingerprint density at radius 2 is 1.97 bits per heavy atom. The number of rotatable bonds is 9. The van der Waals surface area contributed by atoms with Crippen LogP contribution in [0, 0.1) is 11.7 Å². The van der Waals surface area contributed by atoms with Crippen LogP contribution in [-0.2, 0) is 16.1 Å². The number of ether oxygens (including phenoxy) is 1. The van der Waals surface area contributed by atoms with Crippen molar-refractivity contribution in [3.8, 4) is 11.3 Å². The monoisotopic (exact) mass is 517 g/mol. The number of carbonyl (C=O) groups is 1. The van der Waals surface area contributed by atoms with E-state index in [9.17, 15) is 4.79 Å². The van der Waals surface area contributed by atoms with Crippen LogP contribution < -0.4 is 0 Å². The fourth-order valence-corrected chi connectivity index (χ4v) is 5.65. The van der Waals surface area contributed by atoms with Gasteiger partial charge in [0.15, 0.2) is 0 Å². The SMILES string of the molecule is CN(C)Cc1ccc(Cl)cc1-c1nc[nH]c1C(C1CCCCC1)C(OC=O)c1cccc(Cl)c1F. The summed E-state index contributed by atoms with van der Waals surface area (Å²) in [7, 11) is 4.01. The van der Waals surface area contributed by atoms with E-state index in [-0.39, 0.29) is 22.4 Å². The van der Waals surface area contributed by atoms with Crippen molar-refractivity contribution >= 4 is 29.7 Å². The maximum Gasteiger partial charge on any atom is 0.293 e. The van der Waals surface area contributed by atoms with Gasteiger partial charge in [-0.15, -0.1) is 0 Å². The Hall–Kier alpha value is -2.41. The molecular formula is C27H30Cl2FN3O2. The van der Waals surface area contributed by atoms with E-state index in [2.05, 4.69) is 9.88 Å². The summed E-state index contributed by atoms with van der Waals surface area (Å²) in [6.45, 7) is 1.10. The van der Waals surface area contributed by atoms with Gasteiger partial charge in [0.2, 0.25) is 0 Å². The number of hydrogen-bond acceptors (Lipinski definition) is 4. The predicted molar refractivity (Wildman–Crippen MR) is 137 cm³/mol. The van der Waals surface area contributed by atoms with Crippen LogP contribution in [0.2, 0.25) is 10.0 Å². The molecule has 1 fully saturated rings. The molecule has 1 N–H and O–H groups in total. The number of halogens is 3. The molecule has 3 aromatic rings. The third-order valence-electron chi connectivity index (χ3n) is 6.79. The van der Waals surface area contributed by atoms with E-state index in [1.165, 1.54) is 6.07 Å². The fourth-order valence-electron chi connectivity index (χ4n) is 5.30. The van der Waals surface area contributed by atoms with Crippen LogP contribution in [0.1, 0.15) is 60.9 Å². The highest BCUT2D eigenvalue weighted by atomic mass is 35.5. The fraction of sp³-hybridized carbons (Fsp3) is 0.407. The number of imidazole rings is 1. The Bertz CT molecular complexity index is 1160. The molecule has 1 saturated carbocycles. The zero-order valence-corrected chi connectivity index (χ0v) is 21.5. The van der Waals surface area contributed by atoms with Crippen molar-refractivity contribution in [1.82, 2.24) is 14.9 Å². The van der Waals surface area contributed by atoms with Crippen molar-refractivity contribution in [2.45, 2.75) is 50.7 Å². The van der Waals surface area contributed by atoms with Gasteiger partial charge in [-0.3, -0.25) is 4.79 Å². The van der Waals surface area contributed by atoms with Gasteiger partial charge in [0.1, 0.15) is 11.9 Å². The normalized spacial score (nSPS) is 16.3. The summed E-state index contributed by atoms with van der Waals surface area (Å²) in [6.07, 6.45) is 5.98. The summed E-state index contributed by atoms with van der Waals surface area (Å²) in [6, 6.07) is 10.6. The first-order chi connectivity index (χ1) is 16.9. The molecule has 1 aliphatic carbocycles. The van der Waals surface area contributed by atoms with Gasteiger partial charge in [0.05, 0.1) is 22.7 Å². The van der Waals surface area contributed by atoms with E-state index < -0.39 is 11.9 Å². The van der Waals surface area contributed by atoms with E-state index in [0.717, 1.165) is 54.6 Å². The summed E-state index contributed by atoms with van der Waals surface area (Å²) < 4.78 is 20.9. The van der Waals surface area contributed by atoms with Gasteiger partial charge in [-0.25, -0.2) is 9.37 Å². The molecule has 1 aromatic heterocycles. The number of aromatic nitrogens is 2. The van der Waals surface area contributed by atoms with Crippen LogP contribution >= 0.6 is 23.2 Å². The van der Waals surface area contributed by atoms with E-state index >= 15 is 4.39 Å². The van der Waals surface area contributed by atoms with Crippen LogP contribution in [0.3, 0.4) is 0 Å². The highest BCUT2D eigenvalue weighted by molar-refractivity contribution is 6.31. The molecule has 2 atom stereocenters. The molecule has 1 heterocycles. The summed E-state index contributed by atoms with van der Waals surface area (Å²) in [5.74, 6) is -0.737. The first-order valence-electron chi connectivity index (χ1n) is 11.9. The van der Waals surface area contributed by atoms with Crippen molar-refractivity contribution in [1.29, 1.82) is 0 Å². The second kappa shape index (κ2) is 11.5. The van der Waals surface area contributed by atoms with Crippen LogP contribution in [0.15, 0.2) is 42.7 Å². The molecule has 35 heavy (non-hydrogen) atoms. The standard InChI is InChI=1S/C27H30Cl2FN3O2/c1-33(2)14-18-11-12-19(28)13-21(18)25-26(32-15-31-25)23(17-7-4-3-5-8-17)27(35-16-34)20-9-6-10-22(29)24(20)30/h6,9-13,15-17,23,27H,3-5,7-8,14H2,1-2H3,(H,31,32). The molecule has 0 aliphatic heterocycles. The number of H-pyrrole nitrogens is 1. The lowest BCUT2D eigenvalue weighted by Gasteiger charge is -2.35. The number of benzene rings is 2. The van der Waals surface area contributed by atoms with Crippen molar-refractivity contribution in [2.24, 2.45) is 5.92 Å². The van der Waals surface area contributed by atoms with Gasteiger partial charge in [0, 0.05) is 28.6 Å². The van der Waals surface area contributed by atoms with Gasteiger partial charge in [-0.05, 0) is 56.6 Å². The Labute approximate surface area is 215 Å². The molecule has 2 aromatic carbocycles. The quantitative estimate of drug-likeness (QED) is 0.306. The van der Waals surface area contributed by atoms with Gasteiger partial charge in [-0.1, -0.05) is 60.7 Å². The molecule has 1 aliphatic rings. The molecule has 2 unspecified atom stereocenters. The second-order valence-corrected chi connectivity index (χ2v) is 10.3. The smallest absolute Gasteiger partial charge is 0.293 e. The minimum absolute atomic E-state index is 0.00247. The lowest BCUT2D eigenvalue weighted by Crippen LogP contribution is -2.26. The third kappa shape index (κ3) is 5.71. The topological polar surface area (TPSA) is 58.2 Å². The molecule has 5 nitrogen and oxygen atoms in total. The largest absolute Gasteiger partial charge is 0.459 e. The minimum Gasteiger partial charge on any atom is -0.459 e. The lowest BCUT2D eigenvalue weighted by molar-refractivity contribution is -0.136. The number of nitrogens with zero attached hydrogens (tertiary/aromatic N) is 2. The summed E-state index contributed by atoms with van der Waals surface area (Å²) in [4.78, 5) is 21.8. The zero-order chi connectivity index (χ0) is 24.9. The van der Waals surface area contributed by atoms with Gasteiger partial charge in [0.25, 0.3) is 6.47 Å². The van der Waals surface area contributed by atoms with Crippen LogP contribution in [-0.4, -0.2) is 35.4 Å². The van der Waals surface area contributed by atoms with E-state index in [0.29, 0.717) is 18.0 Å². The zero-order valence-electron chi connectivity index (χ0n) is 19.9.